The summed E-state index contributed by atoms with van der Waals surface area (Å²) >= 11 is 0. The first-order valence-electron chi connectivity index (χ1n) is 4.91. The molecule has 5 heteroatoms. The summed E-state index contributed by atoms with van der Waals surface area (Å²) in [7, 11) is 0. The average Bonchev–Trinajstić information content (AvgIpc) is 2.27. The number of benzene rings is 1. The van der Waals surface area contributed by atoms with Crippen LogP contribution in [0.25, 0.3) is 0 Å². The van der Waals surface area contributed by atoms with Crippen LogP contribution < -0.4 is 10.5 Å². The van der Waals surface area contributed by atoms with Gasteiger partial charge in [0.2, 0.25) is 5.96 Å². The van der Waals surface area contributed by atoms with E-state index in [0.717, 1.165) is 10.5 Å². The number of rotatable bonds is 4. The summed E-state index contributed by atoms with van der Waals surface area (Å²) in [6.07, 6.45) is 1.85. The third kappa shape index (κ3) is 2.89. The molecule has 0 amide bonds. The van der Waals surface area contributed by atoms with Crippen molar-refractivity contribution in [3.63, 3.8) is 0 Å². The lowest BCUT2D eigenvalue weighted by atomic mass is 10.2. The van der Waals surface area contributed by atoms with Crippen LogP contribution in [0.15, 0.2) is 24.3 Å². The van der Waals surface area contributed by atoms with E-state index < -0.39 is 0 Å². The maximum absolute atomic E-state index is 8.79. The third-order valence-corrected chi connectivity index (χ3v) is 2.01. The fourth-order valence-electron chi connectivity index (χ4n) is 1.28. The molecule has 5 nitrogen and oxygen atoms in total. The highest BCUT2D eigenvalue weighted by atomic mass is 16.5. The molecule has 0 saturated carbocycles. The highest BCUT2D eigenvalue weighted by Gasteiger charge is 2.09. The number of nitrogens with zero attached hydrogens (tertiary/aromatic N) is 2. The maximum atomic E-state index is 8.79. The Bertz CT molecular complexity index is 411. The second-order valence-corrected chi connectivity index (χ2v) is 3.11. The van der Waals surface area contributed by atoms with Crippen LogP contribution in [0.2, 0.25) is 0 Å². The normalized spacial score (nSPS) is 9.25. The summed E-state index contributed by atoms with van der Waals surface area (Å²) in [5.74, 6) is 0.445. The number of hydrogen-bond donors (Lipinski definition) is 2. The van der Waals surface area contributed by atoms with Gasteiger partial charge in [-0.25, -0.2) is 4.90 Å². The standard InChI is InChI=1S/C11H14N4O/c1-2-16-10-6-4-3-5-9(10)7-15(8-12)11(13)14/h3-6H,2,7H2,1H3,(H3,13,14). The summed E-state index contributed by atoms with van der Waals surface area (Å²) in [6.45, 7) is 2.70. The van der Waals surface area contributed by atoms with Crippen LogP contribution in [0.4, 0.5) is 0 Å². The van der Waals surface area contributed by atoms with Crippen molar-refractivity contribution in [2.75, 3.05) is 6.61 Å². The Hall–Kier alpha value is -2.22. The van der Waals surface area contributed by atoms with E-state index in [1.807, 2.05) is 37.4 Å². The van der Waals surface area contributed by atoms with Gasteiger partial charge >= 0.3 is 0 Å². The number of nitriles is 1. The number of guanidine groups is 1. The van der Waals surface area contributed by atoms with Crippen molar-refractivity contribution < 1.29 is 4.74 Å². The fraction of sp³-hybridized carbons (Fsp3) is 0.273. The smallest absolute Gasteiger partial charge is 0.202 e. The molecule has 0 aliphatic carbocycles. The van der Waals surface area contributed by atoms with Gasteiger partial charge in [-0.2, -0.15) is 5.26 Å². The summed E-state index contributed by atoms with van der Waals surface area (Å²) in [4.78, 5) is 1.10. The van der Waals surface area contributed by atoms with E-state index in [2.05, 4.69) is 0 Å². The first-order chi connectivity index (χ1) is 7.69. The predicted octanol–water partition coefficient (Wildman–Crippen LogP) is 1.26. The van der Waals surface area contributed by atoms with Crippen molar-refractivity contribution in [2.45, 2.75) is 13.5 Å². The van der Waals surface area contributed by atoms with Gasteiger partial charge in [-0.15, -0.1) is 0 Å². The molecule has 1 aromatic carbocycles. The molecule has 84 valence electrons. The van der Waals surface area contributed by atoms with Gasteiger partial charge in [-0.05, 0) is 13.0 Å². The van der Waals surface area contributed by atoms with Crippen LogP contribution in [0, 0.1) is 16.9 Å². The third-order valence-electron chi connectivity index (χ3n) is 2.01. The Labute approximate surface area is 94.5 Å². The zero-order valence-electron chi connectivity index (χ0n) is 9.10. The highest BCUT2D eigenvalue weighted by molar-refractivity contribution is 5.76. The molecule has 16 heavy (non-hydrogen) atoms. The lowest BCUT2D eigenvalue weighted by Gasteiger charge is -2.15. The summed E-state index contributed by atoms with van der Waals surface area (Å²) in [6, 6.07) is 7.39. The first-order valence-corrected chi connectivity index (χ1v) is 4.91. The van der Waals surface area contributed by atoms with Gasteiger partial charge in [-0.1, -0.05) is 18.2 Å². The summed E-state index contributed by atoms with van der Waals surface area (Å²) in [5.41, 5.74) is 6.10. The Morgan fingerprint density at radius 1 is 1.56 bits per heavy atom. The number of hydrogen-bond acceptors (Lipinski definition) is 3. The van der Waals surface area contributed by atoms with E-state index in [1.54, 1.807) is 0 Å². The molecule has 0 spiro atoms. The van der Waals surface area contributed by atoms with Gasteiger partial charge < -0.3 is 10.5 Å². The van der Waals surface area contributed by atoms with Gasteiger partial charge in [-0.3, -0.25) is 5.41 Å². The molecule has 0 aliphatic heterocycles. The summed E-state index contributed by atoms with van der Waals surface area (Å²) in [5, 5.41) is 16.0. The molecule has 0 radical (unpaired) electrons. The van der Waals surface area contributed by atoms with E-state index in [9.17, 15) is 0 Å². The fourth-order valence-corrected chi connectivity index (χ4v) is 1.28. The molecule has 0 unspecified atom stereocenters. The Balaban J connectivity index is 2.87. The van der Waals surface area contributed by atoms with Gasteiger partial charge in [0.05, 0.1) is 13.2 Å². The van der Waals surface area contributed by atoms with E-state index >= 15 is 0 Å². The zero-order chi connectivity index (χ0) is 12.0. The topological polar surface area (TPSA) is 86.1 Å². The van der Waals surface area contributed by atoms with Crippen LogP contribution in [0.3, 0.4) is 0 Å². The number of nitrogens with one attached hydrogen (secondary N) is 1. The maximum Gasteiger partial charge on any atom is 0.202 e. The Morgan fingerprint density at radius 2 is 2.25 bits per heavy atom. The van der Waals surface area contributed by atoms with Crippen LogP contribution in [0.5, 0.6) is 5.75 Å². The molecular weight excluding hydrogens is 204 g/mol. The molecule has 0 heterocycles. The van der Waals surface area contributed by atoms with Gasteiger partial charge in [0.15, 0.2) is 6.19 Å². The molecule has 0 aromatic heterocycles. The van der Waals surface area contributed by atoms with Gasteiger partial charge in [0, 0.05) is 5.56 Å². The predicted molar refractivity (Wildman–Crippen MR) is 60.7 cm³/mol. The minimum atomic E-state index is -0.270. The first kappa shape index (κ1) is 11.9. The quantitative estimate of drug-likeness (QED) is 0.345. The van der Waals surface area contributed by atoms with Crippen molar-refractivity contribution in [3.8, 4) is 11.9 Å². The number of nitrogens with two attached hydrogens (primary N) is 1. The lowest BCUT2D eigenvalue weighted by molar-refractivity contribution is 0.333. The van der Waals surface area contributed by atoms with Crippen molar-refractivity contribution >= 4 is 5.96 Å². The molecule has 1 rings (SSSR count). The Kier molecular flexibility index (Phi) is 4.16. The van der Waals surface area contributed by atoms with Crippen molar-refractivity contribution in [1.82, 2.24) is 4.90 Å². The number of para-hydroxylation sites is 1. The lowest BCUT2D eigenvalue weighted by Crippen LogP contribution is -2.31. The molecule has 0 fully saturated rings. The molecule has 0 bridgehead atoms. The molecule has 0 aliphatic rings. The SMILES string of the molecule is CCOc1ccccc1CN(C#N)C(=N)N. The molecule has 3 N–H and O–H groups in total. The van der Waals surface area contributed by atoms with E-state index in [-0.39, 0.29) is 12.5 Å². The van der Waals surface area contributed by atoms with Crippen molar-refractivity contribution in [3.05, 3.63) is 29.8 Å². The van der Waals surface area contributed by atoms with E-state index in [1.165, 1.54) is 0 Å². The minimum Gasteiger partial charge on any atom is -0.494 e. The molecular formula is C11H14N4O. The largest absolute Gasteiger partial charge is 0.494 e. The molecule has 1 aromatic rings. The minimum absolute atomic E-state index is 0.252. The average molecular weight is 218 g/mol. The number of ether oxygens (including phenoxy) is 1. The van der Waals surface area contributed by atoms with E-state index in [0.29, 0.717) is 12.4 Å². The van der Waals surface area contributed by atoms with E-state index in [4.69, 9.17) is 21.1 Å². The van der Waals surface area contributed by atoms with Crippen LogP contribution in [-0.4, -0.2) is 17.5 Å². The Morgan fingerprint density at radius 3 is 2.81 bits per heavy atom. The highest BCUT2D eigenvalue weighted by Crippen LogP contribution is 2.19. The van der Waals surface area contributed by atoms with Crippen LogP contribution in [-0.2, 0) is 6.54 Å². The second kappa shape index (κ2) is 5.61. The molecule has 0 saturated heterocycles. The van der Waals surface area contributed by atoms with Gasteiger partial charge in [0.25, 0.3) is 0 Å². The molecule has 0 atom stereocenters. The second-order valence-electron chi connectivity index (χ2n) is 3.11. The van der Waals surface area contributed by atoms with Crippen molar-refractivity contribution in [1.29, 1.82) is 10.7 Å². The zero-order valence-corrected chi connectivity index (χ0v) is 9.10. The van der Waals surface area contributed by atoms with Crippen molar-refractivity contribution in [2.24, 2.45) is 5.73 Å². The van der Waals surface area contributed by atoms with Crippen LogP contribution >= 0.6 is 0 Å². The van der Waals surface area contributed by atoms with Crippen LogP contribution in [0.1, 0.15) is 12.5 Å². The summed E-state index contributed by atoms with van der Waals surface area (Å²) < 4.78 is 5.41. The van der Waals surface area contributed by atoms with Gasteiger partial charge in [0.1, 0.15) is 5.75 Å². The monoisotopic (exact) mass is 218 g/mol.